The van der Waals surface area contributed by atoms with E-state index in [0.29, 0.717) is 25.9 Å². The Balaban J connectivity index is 1.94. The zero-order valence-corrected chi connectivity index (χ0v) is 10.7. The average molecular weight is 288 g/mol. The third-order valence-corrected chi connectivity index (χ3v) is 3.23. The molecule has 1 amide bonds. The summed E-state index contributed by atoms with van der Waals surface area (Å²) in [4.78, 5) is 13.0. The van der Waals surface area contributed by atoms with Crippen molar-refractivity contribution in [3.05, 3.63) is 29.6 Å². The molecule has 0 unspecified atom stereocenters. The lowest BCUT2D eigenvalue weighted by atomic mass is 10.1. The predicted octanol–water partition coefficient (Wildman–Crippen LogP) is 1.43. The van der Waals surface area contributed by atoms with Gasteiger partial charge in [0.15, 0.2) is 17.5 Å². The second-order valence-corrected chi connectivity index (χ2v) is 4.60. The fraction of sp³-hybridized carbons (Fsp3) is 0.462. The highest BCUT2D eigenvalue weighted by atomic mass is 19.2. The number of rotatable bonds is 3. The molecule has 4 nitrogen and oxygen atoms in total. The van der Waals surface area contributed by atoms with Crippen LogP contribution in [0.4, 0.5) is 13.2 Å². The minimum Gasteiger partial charge on any atom is -0.490 e. The number of nitrogens with zero attached hydrogens (tertiary/aromatic N) is 1. The van der Waals surface area contributed by atoms with Crippen molar-refractivity contribution in [3.8, 4) is 5.75 Å². The van der Waals surface area contributed by atoms with Crippen LogP contribution in [-0.4, -0.2) is 36.5 Å². The van der Waals surface area contributed by atoms with Crippen LogP contribution < -0.4 is 10.5 Å². The van der Waals surface area contributed by atoms with Gasteiger partial charge in [0.1, 0.15) is 11.9 Å². The second-order valence-electron chi connectivity index (χ2n) is 4.60. The molecule has 0 spiro atoms. The molecular weight excluding hydrogens is 273 g/mol. The van der Waals surface area contributed by atoms with Crippen molar-refractivity contribution < 1.29 is 22.7 Å². The van der Waals surface area contributed by atoms with E-state index in [-0.39, 0.29) is 24.3 Å². The molecule has 0 aromatic heterocycles. The van der Waals surface area contributed by atoms with Crippen molar-refractivity contribution >= 4 is 5.91 Å². The molecule has 0 aliphatic carbocycles. The number of hydrogen-bond acceptors (Lipinski definition) is 3. The first kappa shape index (κ1) is 14.6. The van der Waals surface area contributed by atoms with E-state index in [1.54, 1.807) is 4.90 Å². The lowest BCUT2D eigenvalue weighted by Gasteiger charge is -2.32. The van der Waals surface area contributed by atoms with E-state index >= 15 is 0 Å². The number of amides is 1. The molecule has 2 N–H and O–H groups in total. The third-order valence-electron chi connectivity index (χ3n) is 3.23. The first-order valence-corrected chi connectivity index (χ1v) is 6.30. The molecule has 0 atom stereocenters. The minimum absolute atomic E-state index is 0.0418. The number of halogens is 3. The van der Waals surface area contributed by atoms with E-state index < -0.39 is 17.5 Å². The maximum atomic E-state index is 13.0. The summed E-state index contributed by atoms with van der Waals surface area (Å²) in [5.74, 6) is -4.26. The summed E-state index contributed by atoms with van der Waals surface area (Å²) in [6, 6.07) is 1.63. The number of nitrogens with two attached hydrogens (primary N) is 1. The summed E-state index contributed by atoms with van der Waals surface area (Å²) >= 11 is 0. The average Bonchev–Trinajstić information content (AvgIpc) is 2.44. The van der Waals surface area contributed by atoms with Crippen LogP contribution in [0.25, 0.3) is 0 Å². The molecule has 1 aliphatic heterocycles. The van der Waals surface area contributed by atoms with Crippen molar-refractivity contribution in [3.63, 3.8) is 0 Å². The van der Waals surface area contributed by atoms with Crippen molar-refractivity contribution in [2.24, 2.45) is 5.73 Å². The molecular formula is C13H15F3N2O2. The van der Waals surface area contributed by atoms with E-state index in [2.05, 4.69) is 0 Å². The van der Waals surface area contributed by atoms with Gasteiger partial charge in [-0.2, -0.15) is 0 Å². The van der Waals surface area contributed by atoms with Crippen molar-refractivity contribution in [2.45, 2.75) is 18.9 Å². The van der Waals surface area contributed by atoms with E-state index in [0.717, 1.165) is 12.1 Å². The summed E-state index contributed by atoms with van der Waals surface area (Å²) in [5.41, 5.74) is 5.27. The molecule has 1 aromatic rings. The highest BCUT2D eigenvalue weighted by molar-refractivity contribution is 5.78. The number of carbonyl (C=O) groups excluding carboxylic acids is 1. The van der Waals surface area contributed by atoms with Gasteiger partial charge in [0.25, 0.3) is 0 Å². The van der Waals surface area contributed by atoms with Gasteiger partial charge in [0, 0.05) is 38.1 Å². The zero-order valence-electron chi connectivity index (χ0n) is 10.7. The molecule has 0 radical (unpaired) electrons. The number of piperidine rings is 1. The Kier molecular flexibility index (Phi) is 4.49. The van der Waals surface area contributed by atoms with Gasteiger partial charge in [0.05, 0.1) is 6.54 Å². The normalized spacial score (nSPS) is 16.3. The van der Waals surface area contributed by atoms with Gasteiger partial charge in [-0.05, 0) is 0 Å². The third kappa shape index (κ3) is 3.22. The first-order chi connectivity index (χ1) is 9.51. The van der Waals surface area contributed by atoms with Crippen molar-refractivity contribution in [1.82, 2.24) is 4.90 Å². The Morgan fingerprint density at radius 2 is 1.80 bits per heavy atom. The number of benzene rings is 1. The van der Waals surface area contributed by atoms with Gasteiger partial charge < -0.3 is 15.4 Å². The van der Waals surface area contributed by atoms with Gasteiger partial charge in [-0.1, -0.05) is 0 Å². The van der Waals surface area contributed by atoms with Gasteiger partial charge in [-0.15, -0.1) is 0 Å². The summed E-state index contributed by atoms with van der Waals surface area (Å²) in [7, 11) is 0. The zero-order chi connectivity index (χ0) is 14.7. The Labute approximate surface area is 114 Å². The quantitative estimate of drug-likeness (QED) is 0.856. The second kappa shape index (κ2) is 6.13. The van der Waals surface area contributed by atoms with Crippen LogP contribution in [0.2, 0.25) is 0 Å². The van der Waals surface area contributed by atoms with Crippen LogP contribution in [0.1, 0.15) is 12.8 Å². The first-order valence-electron chi connectivity index (χ1n) is 6.30. The number of carbonyl (C=O) groups is 1. The van der Waals surface area contributed by atoms with Crippen LogP contribution in [0, 0.1) is 17.5 Å². The molecule has 7 heteroatoms. The molecule has 2 rings (SSSR count). The maximum Gasteiger partial charge on any atom is 0.236 e. The monoisotopic (exact) mass is 288 g/mol. The largest absolute Gasteiger partial charge is 0.490 e. The van der Waals surface area contributed by atoms with Crippen molar-refractivity contribution in [1.29, 1.82) is 0 Å². The Morgan fingerprint density at radius 1 is 1.25 bits per heavy atom. The number of likely N-dealkylation sites (tertiary alicyclic amines) is 1. The van der Waals surface area contributed by atoms with Gasteiger partial charge in [0.2, 0.25) is 5.91 Å². The van der Waals surface area contributed by atoms with Crippen LogP contribution in [0.15, 0.2) is 12.1 Å². The Bertz CT molecular complexity index is 479. The van der Waals surface area contributed by atoms with E-state index in [9.17, 15) is 18.0 Å². The molecule has 1 heterocycles. The minimum atomic E-state index is -1.51. The number of ether oxygens (including phenoxy) is 1. The van der Waals surface area contributed by atoms with E-state index in [1.165, 1.54) is 0 Å². The molecule has 1 fully saturated rings. The smallest absolute Gasteiger partial charge is 0.236 e. The van der Waals surface area contributed by atoms with Gasteiger partial charge >= 0.3 is 0 Å². The standard InChI is InChI=1S/C13H15F3N2O2/c14-10-5-9(6-11(15)13(10)16)20-8-1-3-18(4-2-8)12(19)7-17/h5-6,8H,1-4,7,17H2. The summed E-state index contributed by atoms with van der Waals surface area (Å²) < 4.78 is 44.3. The van der Waals surface area contributed by atoms with Crippen LogP contribution >= 0.6 is 0 Å². The highest BCUT2D eigenvalue weighted by Gasteiger charge is 2.23. The summed E-state index contributed by atoms with van der Waals surface area (Å²) in [6.07, 6.45) is 0.805. The lowest BCUT2D eigenvalue weighted by Crippen LogP contribution is -2.44. The Hall–Kier alpha value is -1.76. The molecule has 1 aliphatic rings. The van der Waals surface area contributed by atoms with Crippen molar-refractivity contribution in [2.75, 3.05) is 19.6 Å². The maximum absolute atomic E-state index is 13.0. The van der Waals surface area contributed by atoms with Crippen LogP contribution in [0.3, 0.4) is 0 Å². The molecule has 0 bridgehead atoms. The van der Waals surface area contributed by atoms with Gasteiger partial charge in [-0.3, -0.25) is 4.79 Å². The molecule has 110 valence electrons. The topological polar surface area (TPSA) is 55.6 Å². The fourth-order valence-electron chi connectivity index (χ4n) is 2.14. The predicted molar refractivity (Wildman–Crippen MR) is 65.6 cm³/mol. The van der Waals surface area contributed by atoms with Crippen LogP contribution in [0.5, 0.6) is 5.75 Å². The SMILES string of the molecule is NCC(=O)N1CCC(Oc2cc(F)c(F)c(F)c2)CC1. The highest BCUT2D eigenvalue weighted by Crippen LogP contribution is 2.23. The lowest BCUT2D eigenvalue weighted by molar-refractivity contribution is -0.131. The molecule has 1 aromatic carbocycles. The summed E-state index contributed by atoms with van der Waals surface area (Å²) in [6.45, 7) is 0.916. The molecule has 20 heavy (non-hydrogen) atoms. The fourth-order valence-corrected chi connectivity index (χ4v) is 2.14. The van der Waals surface area contributed by atoms with E-state index in [1.807, 2.05) is 0 Å². The molecule has 1 saturated heterocycles. The van der Waals surface area contributed by atoms with E-state index in [4.69, 9.17) is 10.5 Å². The number of hydrogen-bond donors (Lipinski definition) is 1. The Morgan fingerprint density at radius 3 is 2.30 bits per heavy atom. The molecule has 0 saturated carbocycles. The van der Waals surface area contributed by atoms with Gasteiger partial charge in [-0.25, -0.2) is 13.2 Å². The summed E-state index contributed by atoms with van der Waals surface area (Å²) in [5, 5.41) is 0. The van der Waals surface area contributed by atoms with Crippen LogP contribution in [-0.2, 0) is 4.79 Å².